The molecule has 1 aliphatic carbocycles. The molecular weight excluding hydrogens is 224 g/mol. The standard InChI is InChI=1S/C15H26N2O/c1-9-11-7-16-6-10(11)8-17(9)13(18)12-14(2,3)15(12,4)5/h9-12,16H,6-8H2,1-5H3. The maximum atomic E-state index is 12.8. The van der Waals surface area contributed by atoms with Gasteiger partial charge >= 0.3 is 0 Å². The lowest BCUT2D eigenvalue weighted by Gasteiger charge is -2.25. The average molecular weight is 250 g/mol. The molecule has 0 spiro atoms. The van der Waals surface area contributed by atoms with Crippen molar-refractivity contribution in [3.8, 4) is 0 Å². The second-order valence-corrected chi connectivity index (χ2v) is 7.69. The van der Waals surface area contributed by atoms with Crippen molar-refractivity contribution in [2.75, 3.05) is 19.6 Å². The van der Waals surface area contributed by atoms with Crippen LogP contribution in [0.5, 0.6) is 0 Å². The number of rotatable bonds is 1. The first-order valence-electron chi connectivity index (χ1n) is 7.29. The molecule has 0 aromatic rings. The molecule has 3 rings (SSSR count). The molecular formula is C15H26N2O. The van der Waals surface area contributed by atoms with Crippen LogP contribution in [-0.4, -0.2) is 36.5 Å². The Balaban J connectivity index is 1.76. The molecule has 2 saturated heterocycles. The Morgan fingerprint density at radius 2 is 1.78 bits per heavy atom. The molecule has 1 saturated carbocycles. The van der Waals surface area contributed by atoms with E-state index in [1.54, 1.807) is 0 Å². The lowest BCUT2D eigenvalue weighted by molar-refractivity contribution is -0.134. The van der Waals surface area contributed by atoms with E-state index >= 15 is 0 Å². The molecule has 3 nitrogen and oxygen atoms in total. The Hall–Kier alpha value is -0.570. The van der Waals surface area contributed by atoms with Gasteiger partial charge in [-0.3, -0.25) is 4.79 Å². The first-order valence-corrected chi connectivity index (χ1v) is 7.29. The fourth-order valence-corrected chi connectivity index (χ4v) is 4.44. The summed E-state index contributed by atoms with van der Waals surface area (Å²) in [6, 6.07) is 0.421. The van der Waals surface area contributed by atoms with E-state index in [2.05, 4.69) is 44.8 Å². The van der Waals surface area contributed by atoms with E-state index in [0.717, 1.165) is 19.6 Å². The van der Waals surface area contributed by atoms with E-state index in [4.69, 9.17) is 0 Å². The number of hydrogen-bond acceptors (Lipinski definition) is 2. The van der Waals surface area contributed by atoms with Crippen LogP contribution in [0.25, 0.3) is 0 Å². The second-order valence-electron chi connectivity index (χ2n) is 7.69. The molecule has 18 heavy (non-hydrogen) atoms. The van der Waals surface area contributed by atoms with Gasteiger partial charge in [0.1, 0.15) is 0 Å². The Morgan fingerprint density at radius 3 is 2.28 bits per heavy atom. The predicted octanol–water partition coefficient (Wildman–Crippen LogP) is 1.73. The van der Waals surface area contributed by atoms with Crippen LogP contribution in [0, 0.1) is 28.6 Å². The molecule has 102 valence electrons. The molecule has 3 atom stereocenters. The molecule has 3 fully saturated rings. The summed E-state index contributed by atoms with van der Waals surface area (Å²) in [5.41, 5.74) is 0.333. The number of nitrogens with one attached hydrogen (secondary N) is 1. The van der Waals surface area contributed by atoms with Crippen LogP contribution in [-0.2, 0) is 4.79 Å². The van der Waals surface area contributed by atoms with E-state index in [1.807, 2.05) is 0 Å². The Morgan fingerprint density at radius 1 is 1.17 bits per heavy atom. The summed E-state index contributed by atoms with van der Waals surface area (Å²) < 4.78 is 0. The van der Waals surface area contributed by atoms with Gasteiger partial charge in [-0.25, -0.2) is 0 Å². The molecule has 0 aromatic carbocycles. The van der Waals surface area contributed by atoms with E-state index in [0.29, 0.717) is 23.8 Å². The predicted molar refractivity (Wildman–Crippen MR) is 72.1 cm³/mol. The molecule has 0 bridgehead atoms. The zero-order valence-corrected chi connectivity index (χ0v) is 12.3. The van der Waals surface area contributed by atoms with Gasteiger partial charge < -0.3 is 10.2 Å². The summed E-state index contributed by atoms with van der Waals surface area (Å²) in [5, 5.41) is 3.45. The van der Waals surface area contributed by atoms with E-state index in [1.165, 1.54) is 0 Å². The Bertz CT molecular complexity index is 374. The lowest BCUT2D eigenvalue weighted by atomic mass is 9.95. The van der Waals surface area contributed by atoms with Crippen molar-refractivity contribution in [3.63, 3.8) is 0 Å². The van der Waals surface area contributed by atoms with Gasteiger partial charge in [0.15, 0.2) is 0 Å². The van der Waals surface area contributed by atoms with Crippen LogP contribution in [0.1, 0.15) is 34.6 Å². The van der Waals surface area contributed by atoms with E-state index in [-0.39, 0.29) is 16.7 Å². The third-order valence-corrected chi connectivity index (χ3v) is 6.49. The quantitative estimate of drug-likeness (QED) is 0.769. The summed E-state index contributed by atoms with van der Waals surface area (Å²) in [6.07, 6.45) is 0. The second kappa shape index (κ2) is 3.50. The van der Waals surface area contributed by atoms with Gasteiger partial charge in [-0.1, -0.05) is 27.7 Å². The smallest absolute Gasteiger partial charge is 0.227 e. The van der Waals surface area contributed by atoms with Crippen LogP contribution < -0.4 is 5.32 Å². The molecule has 0 radical (unpaired) electrons. The van der Waals surface area contributed by atoms with Gasteiger partial charge in [0.25, 0.3) is 0 Å². The highest BCUT2D eigenvalue weighted by Crippen LogP contribution is 2.69. The van der Waals surface area contributed by atoms with Crippen molar-refractivity contribution in [1.29, 1.82) is 0 Å². The van der Waals surface area contributed by atoms with Crippen molar-refractivity contribution in [3.05, 3.63) is 0 Å². The van der Waals surface area contributed by atoms with Gasteiger partial charge in [-0.05, 0) is 29.6 Å². The zero-order chi connectivity index (χ0) is 13.3. The van der Waals surface area contributed by atoms with Gasteiger partial charge in [-0.2, -0.15) is 0 Å². The largest absolute Gasteiger partial charge is 0.339 e. The molecule has 2 heterocycles. The van der Waals surface area contributed by atoms with E-state index < -0.39 is 0 Å². The maximum Gasteiger partial charge on any atom is 0.227 e. The lowest BCUT2D eigenvalue weighted by Crippen LogP contribution is -2.40. The molecule has 1 amide bonds. The number of likely N-dealkylation sites (tertiary alicyclic amines) is 1. The molecule has 1 N–H and O–H groups in total. The Kier molecular flexibility index (Phi) is 2.42. The minimum Gasteiger partial charge on any atom is -0.339 e. The van der Waals surface area contributed by atoms with E-state index in [9.17, 15) is 4.79 Å². The fourth-order valence-electron chi connectivity index (χ4n) is 4.44. The van der Waals surface area contributed by atoms with Crippen LogP contribution in [0.4, 0.5) is 0 Å². The number of carbonyl (C=O) groups excluding carboxylic acids is 1. The minimum absolute atomic E-state index is 0.166. The zero-order valence-electron chi connectivity index (χ0n) is 12.3. The molecule has 3 aliphatic rings. The highest BCUT2D eigenvalue weighted by Gasteiger charge is 2.69. The SMILES string of the molecule is CC1C2CNCC2CN1C(=O)C1C(C)(C)C1(C)C. The molecule has 3 unspecified atom stereocenters. The number of nitrogens with zero attached hydrogens (tertiary/aromatic N) is 1. The summed E-state index contributed by atoms with van der Waals surface area (Å²) >= 11 is 0. The van der Waals surface area contributed by atoms with Crippen LogP contribution >= 0.6 is 0 Å². The number of amides is 1. The molecule has 3 heteroatoms. The Labute approximate surface area is 110 Å². The van der Waals surface area contributed by atoms with Gasteiger partial charge in [-0.15, -0.1) is 0 Å². The normalized spacial score (nSPS) is 40.9. The monoisotopic (exact) mass is 250 g/mol. The number of hydrogen-bond donors (Lipinski definition) is 1. The topological polar surface area (TPSA) is 32.3 Å². The van der Waals surface area contributed by atoms with Crippen LogP contribution in [0.15, 0.2) is 0 Å². The summed E-state index contributed by atoms with van der Waals surface area (Å²) in [7, 11) is 0. The van der Waals surface area contributed by atoms with Crippen molar-refractivity contribution in [2.45, 2.75) is 40.7 Å². The maximum absolute atomic E-state index is 12.8. The fraction of sp³-hybridized carbons (Fsp3) is 0.933. The van der Waals surface area contributed by atoms with Crippen LogP contribution in [0.3, 0.4) is 0 Å². The van der Waals surface area contributed by atoms with Crippen molar-refractivity contribution in [2.24, 2.45) is 28.6 Å². The van der Waals surface area contributed by atoms with Gasteiger partial charge in [0, 0.05) is 31.6 Å². The first kappa shape index (κ1) is 12.5. The van der Waals surface area contributed by atoms with Crippen LogP contribution in [0.2, 0.25) is 0 Å². The molecule has 2 aliphatic heterocycles. The summed E-state index contributed by atoms with van der Waals surface area (Å²) in [6.45, 7) is 14.3. The van der Waals surface area contributed by atoms with Gasteiger partial charge in [0.2, 0.25) is 5.91 Å². The third kappa shape index (κ3) is 1.37. The highest BCUT2D eigenvalue weighted by atomic mass is 16.2. The van der Waals surface area contributed by atoms with Crippen molar-refractivity contribution < 1.29 is 4.79 Å². The van der Waals surface area contributed by atoms with Crippen molar-refractivity contribution in [1.82, 2.24) is 10.2 Å². The number of fused-ring (bicyclic) bond motifs is 1. The minimum atomic E-state index is 0.166. The van der Waals surface area contributed by atoms with Crippen molar-refractivity contribution >= 4 is 5.91 Å². The summed E-state index contributed by atoms with van der Waals surface area (Å²) in [5.74, 6) is 2.00. The molecule has 0 aromatic heterocycles. The summed E-state index contributed by atoms with van der Waals surface area (Å²) in [4.78, 5) is 15.0. The third-order valence-electron chi connectivity index (χ3n) is 6.49. The average Bonchev–Trinajstić information content (AvgIpc) is 2.68. The van der Waals surface area contributed by atoms with Gasteiger partial charge in [0.05, 0.1) is 0 Å². The highest BCUT2D eigenvalue weighted by molar-refractivity contribution is 5.84. The number of carbonyl (C=O) groups is 1. The first-order chi connectivity index (χ1) is 8.28.